The number of nitrogens with two attached hydrogens (primary N) is 1. The lowest BCUT2D eigenvalue weighted by Gasteiger charge is -2.20. The smallest absolute Gasteiger partial charge is 0.195 e. The lowest BCUT2D eigenvalue weighted by molar-refractivity contribution is 0.266. The minimum absolute atomic E-state index is 0.156. The third-order valence-electron chi connectivity index (χ3n) is 2.23. The highest BCUT2D eigenvalue weighted by Crippen LogP contribution is 2.23. The summed E-state index contributed by atoms with van der Waals surface area (Å²) in [6, 6.07) is 4.10. The van der Waals surface area contributed by atoms with E-state index in [2.05, 4.69) is 4.90 Å². The van der Waals surface area contributed by atoms with Crippen LogP contribution in [0.15, 0.2) is 16.5 Å². The second-order valence-corrected chi connectivity index (χ2v) is 3.79. The van der Waals surface area contributed by atoms with Gasteiger partial charge in [-0.25, -0.2) is 0 Å². The summed E-state index contributed by atoms with van der Waals surface area (Å²) >= 11 is 0. The molecule has 0 bridgehead atoms. The molecule has 1 unspecified atom stereocenters. The van der Waals surface area contributed by atoms with Crippen molar-refractivity contribution in [3.8, 4) is 0 Å². The van der Waals surface area contributed by atoms with Gasteiger partial charge in [0.2, 0.25) is 0 Å². The number of anilines is 1. The Morgan fingerprint density at radius 1 is 1.29 bits per heavy atom. The van der Waals surface area contributed by atoms with E-state index in [-0.39, 0.29) is 6.04 Å². The van der Waals surface area contributed by atoms with Crippen LogP contribution in [0.3, 0.4) is 0 Å². The second kappa shape index (κ2) is 4.48. The molecule has 1 atom stereocenters. The molecule has 0 fully saturated rings. The summed E-state index contributed by atoms with van der Waals surface area (Å²) in [4.78, 5) is 3.99. The number of hydrogen-bond donors (Lipinski definition) is 1. The zero-order chi connectivity index (χ0) is 10.7. The fraction of sp³-hybridized carbons (Fsp3) is 0.600. The number of likely N-dealkylation sites (N-methyl/N-ethyl adjacent to an activating group) is 1. The predicted molar refractivity (Wildman–Crippen MR) is 58.5 cm³/mol. The Morgan fingerprint density at radius 3 is 2.29 bits per heavy atom. The van der Waals surface area contributed by atoms with Gasteiger partial charge in [-0.05, 0) is 20.2 Å². The molecule has 0 radical (unpaired) electrons. The average molecular weight is 197 g/mol. The summed E-state index contributed by atoms with van der Waals surface area (Å²) in [5.41, 5.74) is 5.68. The van der Waals surface area contributed by atoms with E-state index in [9.17, 15) is 0 Å². The normalized spacial score (nSPS) is 13.3. The Bertz CT molecular complexity index is 281. The van der Waals surface area contributed by atoms with Crippen LogP contribution in [-0.4, -0.2) is 39.6 Å². The maximum atomic E-state index is 5.68. The number of hydrogen-bond acceptors (Lipinski definition) is 4. The first-order valence-electron chi connectivity index (χ1n) is 4.69. The third-order valence-corrected chi connectivity index (χ3v) is 2.23. The van der Waals surface area contributed by atoms with Crippen LogP contribution in [-0.2, 0) is 0 Å². The molecule has 0 spiro atoms. The highest BCUT2D eigenvalue weighted by atomic mass is 16.4. The van der Waals surface area contributed by atoms with E-state index in [0.717, 1.165) is 11.6 Å². The fourth-order valence-electron chi connectivity index (χ4n) is 1.34. The first-order chi connectivity index (χ1) is 6.56. The zero-order valence-electron chi connectivity index (χ0n) is 9.32. The maximum Gasteiger partial charge on any atom is 0.195 e. The van der Waals surface area contributed by atoms with Crippen LogP contribution >= 0.6 is 0 Å². The lowest BCUT2D eigenvalue weighted by atomic mass is 10.2. The standard InChI is InChI=1S/C10H19N3O/c1-12(2)8(7-11)9-5-6-10(14-9)13(3)4/h5-6,8H,7,11H2,1-4H3. The van der Waals surface area contributed by atoms with Crippen molar-refractivity contribution in [3.05, 3.63) is 17.9 Å². The molecule has 4 heteroatoms. The highest BCUT2D eigenvalue weighted by molar-refractivity contribution is 5.34. The highest BCUT2D eigenvalue weighted by Gasteiger charge is 2.16. The summed E-state index contributed by atoms with van der Waals surface area (Å²) < 4.78 is 5.66. The van der Waals surface area contributed by atoms with Gasteiger partial charge in [-0.3, -0.25) is 4.90 Å². The van der Waals surface area contributed by atoms with Gasteiger partial charge in [-0.15, -0.1) is 0 Å². The van der Waals surface area contributed by atoms with E-state index < -0.39 is 0 Å². The minimum atomic E-state index is 0.156. The molecule has 1 aromatic rings. The van der Waals surface area contributed by atoms with E-state index in [1.807, 2.05) is 45.2 Å². The van der Waals surface area contributed by atoms with Crippen LogP contribution in [0, 0.1) is 0 Å². The monoisotopic (exact) mass is 197 g/mol. The van der Waals surface area contributed by atoms with Crippen LogP contribution in [0.1, 0.15) is 11.8 Å². The summed E-state index contributed by atoms with van der Waals surface area (Å²) in [5, 5.41) is 0. The van der Waals surface area contributed by atoms with Crippen molar-refractivity contribution in [3.63, 3.8) is 0 Å². The van der Waals surface area contributed by atoms with E-state index in [1.54, 1.807) is 0 Å². The SMILES string of the molecule is CN(C)c1ccc(C(CN)N(C)C)o1. The van der Waals surface area contributed by atoms with Gasteiger partial charge in [0.1, 0.15) is 5.76 Å². The predicted octanol–water partition coefficient (Wildman–Crippen LogP) is 0.907. The molecule has 80 valence electrons. The molecule has 0 aliphatic carbocycles. The molecular weight excluding hydrogens is 178 g/mol. The molecule has 0 aliphatic rings. The van der Waals surface area contributed by atoms with Crippen LogP contribution < -0.4 is 10.6 Å². The summed E-state index contributed by atoms with van der Waals surface area (Å²) in [7, 11) is 7.90. The van der Waals surface area contributed by atoms with Crippen molar-refractivity contribution in [2.75, 3.05) is 39.6 Å². The third kappa shape index (κ3) is 2.27. The second-order valence-electron chi connectivity index (χ2n) is 3.79. The van der Waals surface area contributed by atoms with Gasteiger partial charge in [0.25, 0.3) is 0 Å². The summed E-state index contributed by atoms with van der Waals surface area (Å²) in [6.45, 7) is 0.563. The minimum Gasteiger partial charge on any atom is -0.444 e. The Hall–Kier alpha value is -1.00. The topological polar surface area (TPSA) is 45.6 Å². The van der Waals surface area contributed by atoms with E-state index >= 15 is 0 Å². The molecule has 0 aromatic carbocycles. The molecule has 1 rings (SSSR count). The Morgan fingerprint density at radius 2 is 1.93 bits per heavy atom. The van der Waals surface area contributed by atoms with Crippen LogP contribution in [0.4, 0.5) is 5.88 Å². The van der Waals surface area contributed by atoms with E-state index in [4.69, 9.17) is 10.2 Å². The number of furan rings is 1. The van der Waals surface area contributed by atoms with Gasteiger partial charge in [0.15, 0.2) is 5.88 Å². The summed E-state index contributed by atoms with van der Waals surface area (Å²) in [6.07, 6.45) is 0. The van der Waals surface area contributed by atoms with E-state index in [1.165, 1.54) is 0 Å². The Kier molecular flexibility index (Phi) is 3.55. The molecule has 1 heterocycles. The van der Waals surface area contributed by atoms with Crippen LogP contribution in [0.5, 0.6) is 0 Å². The van der Waals surface area contributed by atoms with Gasteiger partial charge in [0.05, 0.1) is 6.04 Å². The maximum absolute atomic E-state index is 5.68. The molecule has 4 nitrogen and oxygen atoms in total. The van der Waals surface area contributed by atoms with Gasteiger partial charge in [-0.1, -0.05) is 0 Å². The number of nitrogens with zero attached hydrogens (tertiary/aromatic N) is 2. The quantitative estimate of drug-likeness (QED) is 0.779. The molecule has 1 aromatic heterocycles. The van der Waals surface area contributed by atoms with Crippen LogP contribution in [0.2, 0.25) is 0 Å². The van der Waals surface area contributed by atoms with Crippen LogP contribution in [0.25, 0.3) is 0 Å². The molecule has 0 aliphatic heterocycles. The Labute approximate surface area is 85.3 Å². The van der Waals surface area contributed by atoms with Crippen molar-refractivity contribution >= 4 is 5.88 Å². The molecule has 0 amide bonds. The van der Waals surface area contributed by atoms with Gasteiger partial charge in [0, 0.05) is 26.7 Å². The van der Waals surface area contributed by atoms with Gasteiger partial charge < -0.3 is 15.1 Å². The molecule has 0 saturated carbocycles. The zero-order valence-corrected chi connectivity index (χ0v) is 9.32. The van der Waals surface area contributed by atoms with Crippen molar-refractivity contribution in [2.24, 2.45) is 5.73 Å². The first kappa shape index (κ1) is 11.1. The summed E-state index contributed by atoms with van der Waals surface area (Å²) in [5.74, 6) is 1.78. The van der Waals surface area contributed by atoms with Crippen molar-refractivity contribution < 1.29 is 4.42 Å². The molecule has 2 N–H and O–H groups in total. The fourth-order valence-corrected chi connectivity index (χ4v) is 1.34. The lowest BCUT2D eigenvalue weighted by Crippen LogP contribution is -2.26. The van der Waals surface area contributed by atoms with Crippen molar-refractivity contribution in [1.29, 1.82) is 0 Å². The van der Waals surface area contributed by atoms with E-state index in [0.29, 0.717) is 6.54 Å². The largest absolute Gasteiger partial charge is 0.444 e. The molecular formula is C10H19N3O. The molecule has 0 saturated heterocycles. The first-order valence-corrected chi connectivity index (χ1v) is 4.69. The Balaban J connectivity index is 2.84. The average Bonchev–Trinajstić information content (AvgIpc) is 2.53. The van der Waals surface area contributed by atoms with Gasteiger partial charge >= 0.3 is 0 Å². The molecule has 14 heavy (non-hydrogen) atoms. The van der Waals surface area contributed by atoms with Crippen molar-refractivity contribution in [1.82, 2.24) is 4.90 Å². The van der Waals surface area contributed by atoms with Crippen molar-refractivity contribution in [2.45, 2.75) is 6.04 Å². The van der Waals surface area contributed by atoms with Gasteiger partial charge in [-0.2, -0.15) is 0 Å². The number of rotatable bonds is 4.